The number of anilines is 1. The zero-order valence-electron chi connectivity index (χ0n) is 19.9. The Morgan fingerprint density at radius 3 is 2.66 bits per heavy atom. The van der Waals surface area contributed by atoms with Crippen LogP contribution in [0.4, 0.5) is 5.82 Å². The van der Waals surface area contributed by atoms with E-state index in [1.807, 2.05) is 27.8 Å². The lowest BCUT2D eigenvalue weighted by molar-refractivity contribution is -0.127. The van der Waals surface area contributed by atoms with Gasteiger partial charge in [-0.15, -0.1) is 0 Å². The standard InChI is InChI=1S/C25H32ClN5O3S/c1-34-25-20(14-21(26)23(27)29-25)24(33)28-19-6-9-30(10-7-19)15-17-4-11-31(12-5-17)22(32)3-2-18-8-13-35-16-18/h2-3,8,13-14,16-17,19H,4-7,9-12,15H2,1H3,(H2,27,29)(H,28,33)/b3-2+. The number of ether oxygens (including phenoxy) is 1. The minimum atomic E-state index is -0.250. The summed E-state index contributed by atoms with van der Waals surface area (Å²) < 4.78 is 5.20. The van der Waals surface area contributed by atoms with Crippen molar-refractivity contribution in [2.45, 2.75) is 31.7 Å². The molecule has 0 aromatic carbocycles. The highest BCUT2D eigenvalue weighted by atomic mass is 35.5. The average molecular weight is 518 g/mol. The number of thiophene rings is 1. The number of aromatic nitrogens is 1. The van der Waals surface area contributed by atoms with Crippen molar-refractivity contribution >= 4 is 46.6 Å². The van der Waals surface area contributed by atoms with E-state index in [0.717, 1.165) is 64.0 Å². The zero-order valence-corrected chi connectivity index (χ0v) is 21.5. The normalized spacial score (nSPS) is 18.2. The molecule has 0 aliphatic carbocycles. The molecule has 3 N–H and O–H groups in total. The first-order chi connectivity index (χ1) is 16.9. The molecule has 188 valence electrons. The van der Waals surface area contributed by atoms with Crippen LogP contribution in [0.15, 0.2) is 29.0 Å². The average Bonchev–Trinajstić information content (AvgIpc) is 3.39. The number of nitrogens with two attached hydrogens (primary N) is 1. The first-order valence-electron chi connectivity index (χ1n) is 12.0. The summed E-state index contributed by atoms with van der Waals surface area (Å²) in [6.07, 6.45) is 7.40. The van der Waals surface area contributed by atoms with E-state index in [0.29, 0.717) is 11.5 Å². The molecule has 0 atom stereocenters. The lowest BCUT2D eigenvalue weighted by Gasteiger charge is -2.37. The molecule has 4 rings (SSSR count). The Morgan fingerprint density at radius 2 is 2.00 bits per heavy atom. The van der Waals surface area contributed by atoms with Gasteiger partial charge in [-0.25, -0.2) is 0 Å². The lowest BCUT2D eigenvalue weighted by atomic mass is 9.94. The van der Waals surface area contributed by atoms with Gasteiger partial charge in [-0.05, 0) is 66.1 Å². The smallest absolute Gasteiger partial charge is 0.257 e. The Hall–Kier alpha value is -2.62. The van der Waals surface area contributed by atoms with Crippen molar-refractivity contribution < 1.29 is 14.3 Å². The number of halogens is 1. The molecule has 0 saturated carbocycles. The number of nitrogens with zero attached hydrogens (tertiary/aromatic N) is 3. The maximum Gasteiger partial charge on any atom is 0.257 e. The van der Waals surface area contributed by atoms with Gasteiger partial charge in [0.25, 0.3) is 5.91 Å². The third kappa shape index (κ3) is 6.74. The lowest BCUT2D eigenvalue weighted by Crippen LogP contribution is -2.47. The van der Waals surface area contributed by atoms with E-state index in [2.05, 4.69) is 15.2 Å². The van der Waals surface area contributed by atoms with Crippen LogP contribution in [0.2, 0.25) is 5.02 Å². The fourth-order valence-corrected chi connectivity index (χ4v) is 5.45. The van der Waals surface area contributed by atoms with Crippen LogP contribution in [0.5, 0.6) is 5.88 Å². The molecule has 2 fully saturated rings. The number of likely N-dealkylation sites (tertiary alicyclic amines) is 2. The maximum absolute atomic E-state index is 12.8. The van der Waals surface area contributed by atoms with Gasteiger partial charge in [-0.3, -0.25) is 9.59 Å². The Labute approximate surface area is 215 Å². The number of carbonyl (C=O) groups excluding carboxylic acids is 2. The van der Waals surface area contributed by atoms with E-state index < -0.39 is 0 Å². The summed E-state index contributed by atoms with van der Waals surface area (Å²) in [7, 11) is 1.45. The molecule has 2 saturated heterocycles. The predicted octanol–water partition coefficient (Wildman–Crippen LogP) is 3.53. The van der Waals surface area contributed by atoms with Gasteiger partial charge in [0.1, 0.15) is 11.4 Å². The highest BCUT2D eigenvalue weighted by Crippen LogP contribution is 2.26. The first kappa shape index (κ1) is 25.5. The molecule has 2 aliphatic rings. The maximum atomic E-state index is 12.8. The van der Waals surface area contributed by atoms with E-state index in [-0.39, 0.29) is 34.6 Å². The Bertz CT molecular complexity index is 1050. The number of amides is 2. The van der Waals surface area contributed by atoms with Gasteiger partial charge in [0.15, 0.2) is 0 Å². The van der Waals surface area contributed by atoms with Gasteiger partial charge in [0.2, 0.25) is 11.8 Å². The van der Waals surface area contributed by atoms with Gasteiger partial charge in [-0.1, -0.05) is 11.6 Å². The van der Waals surface area contributed by atoms with Crippen molar-refractivity contribution in [3.05, 3.63) is 45.1 Å². The van der Waals surface area contributed by atoms with Crippen LogP contribution in [0.1, 0.15) is 41.6 Å². The summed E-state index contributed by atoms with van der Waals surface area (Å²) in [6, 6.07) is 3.60. The van der Waals surface area contributed by atoms with Crippen LogP contribution >= 0.6 is 22.9 Å². The monoisotopic (exact) mass is 517 g/mol. The van der Waals surface area contributed by atoms with Crippen LogP contribution in [0.25, 0.3) is 6.08 Å². The van der Waals surface area contributed by atoms with Crippen molar-refractivity contribution in [3.63, 3.8) is 0 Å². The number of piperidine rings is 2. The molecular weight excluding hydrogens is 486 g/mol. The van der Waals surface area contributed by atoms with Gasteiger partial charge < -0.3 is 25.6 Å². The van der Waals surface area contributed by atoms with Gasteiger partial charge in [0.05, 0.1) is 12.1 Å². The number of rotatable bonds is 7. The van der Waals surface area contributed by atoms with Gasteiger partial charge in [-0.2, -0.15) is 16.3 Å². The van der Waals surface area contributed by atoms with E-state index in [1.54, 1.807) is 17.4 Å². The topological polar surface area (TPSA) is 101 Å². The molecular formula is C25H32ClN5O3S. The third-order valence-electron chi connectivity index (χ3n) is 6.73. The number of carbonyl (C=O) groups is 2. The van der Waals surface area contributed by atoms with E-state index in [1.165, 1.54) is 13.2 Å². The van der Waals surface area contributed by atoms with E-state index in [9.17, 15) is 9.59 Å². The highest BCUT2D eigenvalue weighted by Gasteiger charge is 2.27. The predicted molar refractivity (Wildman–Crippen MR) is 140 cm³/mol. The molecule has 10 heteroatoms. The van der Waals surface area contributed by atoms with Crippen LogP contribution in [0, 0.1) is 5.92 Å². The van der Waals surface area contributed by atoms with Crippen molar-refractivity contribution in [1.29, 1.82) is 0 Å². The first-order valence-corrected chi connectivity index (χ1v) is 13.3. The van der Waals surface area contributed by atoms with Crippen molar-refractivity contribution in [1.82, 2.24) is 20.1 Å². The fourth-order valence-electron chi connectivity index (χ4n) is 4.67. The number of pyridine rings is 1. The number of hydrogen-bond donors (Lipinski definition) is 2. The molecule has 0 radical (unpaired) electrons. The van der Waals surface area contributed by atoms with Crippen LogP contribution in [-0.2, 0) is 4.79 Å². The van der Waals surface area contributed by atoms with Crippen LogP contribution in [0.3, 0.4) is 0 Å². The minimum Gasteiger partial charge on any atom is -0.480 e. The fraction of sp³-hybridized carbons (Fsp3) is 0.480. The summed E-state index contributed by atoms with van der Waals surface area (Å²) >= 11 is 7.68. The largest absolute Gasteiger partial charge is 0.480 e. The molecule has 8 nitrogen and oxygen atoms in total. The second-order valence-electron chi connectivity index (χ2n) is 9.12. The number of nitrogens with one attached hydrogen (secondary N) is 1. The quantitative estimate of drug-likeness (QED) is 0.545. The Kier molecular flexibility index (Phi) is 8.64. The summed E-state index contributed by atoms with van der Waals surface area (Å²) in [5.74, 6) is 0.755. The summed E-state index contributed by atoms with van der Waals surface area (Å²) in [5, 5.41) is 7.36. The molecule has 2 aromatic heterocycles. The van der Waals surface area contributed by atoms with Crippen molar-refractivity contribution in [2.75, 3.05) is 45.6 Å². The molecule has 2 amide bonds. The molecule has 0 bridgehead atoms. The molecule has 4 heterocycles. The Balaban J connectivity index is 1.19. The second-order valence-corrected chi connectivity index (χ2v) is 10.3. The summed E-state index contributed by atoms with van der Waals surface area (Å²) in [5.41, 5.74) is 7.08. The molecule has 0 unspecified atom stereocenters. The second kappa shape index (κ2) is 11.9. The molecule has 35 heavy (non-hydrogen) atoms. The number of methoxy groups -OCH3 is 1. The van der Waals surface area contributed by atoms with E-state index in [4.69, 9.17) is 22.1 Å². The molecule has 2 aromatic rings. The van der Waals surface area contributed by atoms with Crippen molar-refractivity contribution in [2.24, 2.45) is 5.92 Å². The molecule has 0 spiro atoms. The molecule has 2 aliphatic heterocycles. The van der Waals surface area contributed by atoms with Gasteiger partial charge >= 0.3 is 0 Å². The van der Waals surface area contributed by atoms with Crippen molar-refractivity contribution in [3.8, 4) is 5.88 Å². The van der Waals surface area contributed by atoms with Crippen LogP contribution < -0.4 is 15.8 Å². The van der Waals surface area contributed by atoms with Crippen LogP contribution in [-0.4, -0.2) is 72.5 Å². The zero-order chi connectivity index (χ0) is 24.8. The summed E-state index contributed by atoms with van der Waals surface area (Å²) in [6.45, 7) is 4.53. The Morgan fingerprint density at radius 1 is 1.26 bits per heavy atom. The van der Waals surface area contributed by atoms with E-state index >= 15 is 0 Å². The highest BCUT2D eigenvalue weighted by molar-refractivity contribution is 7.08. The summed E-state index contributed by atoms with van der Waals surface area (Å²) in [4.78, 5) is 33.7. The number of hydrogen-bond acceptors (Lipinski definition) is 7. The van der Waals surface area contributed by atoms with Gasteiger partial charge in [0, 0.05) is 44.8 Å². The third-order valence-corrected chi connectivity index (χ3v) is 7.74. The minimum absolute atomic E-state index is 0.0919. The number of nitrogen functional groups attached to an aromatic ring is 1. The SMILES string of the molecule is COc1nc(N)c(Cl)cc1C(=O)NC1CCN(CC2CCN(C(=O)/C=C/c3ccsc3)CC2)CC1.